The largest absolute Gasteiger partial charge is 0.370 e. The highest BCUT2D eigenvalue weighted by molar-refractivity contribution is 5.78. The smallest absolute Gasteiger partial charge is 0.188 e. The van der Waals surface area contributed by atoms with Gasteiger partial charge < -0.3 is 20.5 Å². The summed E-state index contributed by atoms with van der Waals surface area (Å²) in [5.41, 5.74) is 5.97. The molecule has 3 aliphatic rings. The molecule has 1 atom stereocenters. The maximum atomic E-state index is 6.18. The van der Waals surface area contributed by atoms with E-state index in [1.165, 1.54) is 51.4 Å². The van der Waals surface area contributed by atoms with Crippen molar-refractivity contribution in [2.75, 3.05) is 13.2 Å². The Balaban J connectivity index is 1.45. The minimum absolute atomic E-state index is 0.0621. The summed E-state index contributed by atoms with van der Waals surface area (Å²) in [7, 11) is 0. The van der Waals surface area contributed by atoms with E-state index in [-0.39, 0.29) is 11.9 Å². The Labute approximate surface area is 127 Å². The number of aliphatic imine (C=N–C) groups is 1. The van der Waals surface area contributed by atoms with Gasteiger partial charge in [0, 0.05) is 18.9 Å². The first-order valence-corrected chi connectivity index (χ1v) is 8.64. The highest BCUT2D eigenvalue weighted by atomic mass is 16.7. The van der Waals surface area contributed by atoms with Crippen LogP contribution < -0.4 is 11.1 Å². The summed E-state index contributed by atoms with van der Waals surface area (Å²) in [6.45, 7) is 1.26. The maximum Gasteiger partial charge on any atom is 0.188 e. The van der Waals surface area contributed by atoms with Gasteiger partial charge in [-0.15, -0.1) is 0 Å². The molecule has 0 aromatic heterocycles. The van der Waals surface area contributed by atoms with Gasteiger partial charge in [-0.1, -0.05) is 25.7 Å². The summed E-state index contributed by atoms with van der Waals surface area (Å²) in [5, 5.41) is 3.32. The van der Waals surface area contributed by atoms with Crippen LogP contribution >= 0.6 is 0 Å². The molecule has 21 heavy (non-hydrogen) atoms. The molecule has 5 heteroatoms. The highest BCUT2D eigenvalue weighted by Crippen LogP contribution is 2.36. The Hall–Kier alpha value is -0.810. The molecular formula is C16H29N3O2. The standard InChI is InChI=1S/C16H29N3O2/c17-15(19-13-7-3-4-8-13)18-11-14-12-20-16(21-14)9-5-1-2-6-10-16/h13-14H,1-12H2,(H3,17,18,19). The van der Waals surface area contributed by atoms with Crippen molar-refractivity contribution < 1.29 is 9.47 Å². The summed E-state index contributed by atoms with van der Waals surface area (Å²) in [6, 6.07) is 0.516. The van der Waals surface area contributed by atoms with Crippen LogP contribution in [0.5, 0.6) is 0 Å². The molecule has 1 unspecified atom stereocenters. The van der Waals surface area contributed by atoms with Crippen molar-refractivity contribution in [3.8, 4) is 0 Å². The fourth-order valence-electron chi connectivity index (χ4n) is 3.76. The fraction of sp³-hybridized carbons (Fsp3) is 0.938. The third-order valence-corrected chi connectivity index (χ3v) is 4.95. The first-order valence-electron chi connectivity index (χ1n) is 8.64. The van der Waals surface area contributed by atoms with Gasteiger partial charge in [-0.3, -0.25) is 4.99 Å². The lowest BCUT2D eigenvalue weighted by Gasteiger charge is -2.26. The van der Waals surface area contributed by atoms with Crippen molar-refractivity contribution in [2.45, 2.75) is 82.1 Å². The molecule has 120 valence electrons. The molecule has 0 aromatic rings. The number of nitrogens with two attached hydrogens (primary N) is 1. The van der Waals surface area contributed by atoms with E-state index in [2.05, 4.69) is 10.3 Å². The van der Waals surface area contributed by atoms with Gasteiger partial charge in [0.25, 0.3) is 0 Å². The Morgan fingerprint density at radius 1 is 1.10 bits per heavy atom. The summed E-state index contributed by atoms with van der Waals surface area (Å²) in [6.07, 6.45) is 12.2. The van der Waals surface area contributed by atoms with Crippen LogP contribution in [0.1, 0.15) is 64.2 Å². The molecule has 5 nitrogen and oxygen atoms in total. The molecule has 0 amide bonds. The minimum Gasteiger partial charge on any atom is -0.370 e. The van der Waals surface area contributed by atoms with Gasteiger partial charge in [-0.25, -0.2) is 0 Å². The van der Waals surface area contributed by atoms with Crippen LogP contribution in [0.2, 0.25) is 0 Å². The zero-order valence-corrected chi connectivity index (χ0v) is 13.0. The molecule has 1 spiro atoms. The molecule has 1 aliphatic heterocycles. The first-order chi connectivity index (χ1) is 10.3. The Morgan fingerprint density at radius 2 is 1.81 bits per heavy atom. The zero-order chi connectivity index (χ0) is 14.5. The number of hydrogen-bond acceptors (Lipinski definition) is 3. The molecular weight excluding hydrogens is 266 g/mol. The maximum absolute atomic E-state index is 6.18. The predicted molar refractivity (Wildman–Crippen MR) is 83.1 cm³/mol. The molecule has 0 radical (unpaired) electrons. The summed E-state index contributed by atoms with van der Waals surface area (Å²) >= 11 is 0. The van der Waals surface area contributed by atoms with Gasteiger partial charge in [0.1, 0.15) is 6.10 Å². The molecule has 3 rings (SSSR count). The fourth-order valence-corrected chi connectivity index (χ4v) is 3.76. The van der Waals surface area contributed by atoms with Gasteiger partial charge in [0.2, 0.25) is 0 Å². The van der Waals surface area contributed by atoms with Crippen LogP contribution in [0.4, 0.5) is 0 Å². The number of rotatable bonds is 3. The van der Waals surface area contributed by atoms with Crippen molar-refractivity contribution in [1.82, 2.24) is 5.32 Å². The second kappa shape index (κ2) is 6.97. The van der Waals surface area contributed by atoms with Crippen molar-refractivity contribution >= 4 is 5.96 Å². The lowest BCUT2D eigenvalue weighted by molar-refractivity contribution is -0.174. The van der Waals surface area contributed by atoms with Gasteiger partial charge in [-0.2, -0.15) is 0 Å². The van der Waals surface area contributed by atoms with Crippen LogP contribution in [-0.4, -0.2) is 37.0 Å². The Kier molecular flexibility index (Phi) is 5.01. The summed E-state index contributed by atoms with van der Waals surface area (Å²) in [5.74, 6) is 0.247. The van der Waals surface area contributed by atoms with Crippen LogP contribution in [0.15, 0.2) is 4.99 Å². The molecule has 1 heterocycles. The molecule has 0 bridgehead atoms. The number of nitrogens with zero attached hydrogens (tertiary/aromatic N) is 1. The molecule has 3 N–H and O–H groups in total. The first kappa shape index (κ1) is 15.1. The second-order valence-electron chi connectivity index (χ2n) is 6.73. The van der Waals surface area contributed by atoms with E-state index in [1.807, 2.05) is 0 Å². The SMILES string of the molecule is NC(=NCC1COC2(CCCCCC2)O1)NC1CCCC1. The van der Waals surface area contributed by atoms with Crippen molar-refractivity contribution in [2.24, 2.45) is 10.7 Å². The van der Waals surface area contributed by atoms with E-state index >= 15 is 0 Å². The van der Waals surface area contributed by atoms with E-state index in [0.717, 1.165) is 12.8 Å². The van der Waals surface area contributed by atoms with Crippen LogP contribution in [0.25, 0.3) is 0 Å². The molecule has 3 fully saturated rings. The lowest BCUT2D eigenvalue weighted by atomic mass is 10.1. The van der Waals surface area contributed by atoms with E-state index in [9.17, 15) is 0 Å². The quantitative estimate of drug-likeness (QED) is 0.619. The normalized spacial score (nSPS) is 30.7. The average Bonchev–Trinajstić information content (AvgIpc) is 3.05. The Bertz CT molecular complexity index is 359. The van der Waals surface area contributed by atoms with Crippen molar-refractivity contribution in [3.05, 3.63) is 0 Å². The highest BCUT2D eigenvalue weighted by Gasteiger charge is 2.41. The second-order valence-corrected chi connectivity index (χ2v) is 6.73. The molecule has 2 saturated carbocycles. The molecule has 2 aliphatic carbocycles. The number of hydrogen-bond donors (Lipinski definition) is 2. The van der Waals surface area contributed by atoms with Crippen molar-refractivity contribution in [1.29, 1.82) is 0 Å². The van der Waals surface area contributed by atoms with E-state index in [1.54, 1.807) is 0 Å². The zero-order valence-electron chi connectivity index (χ0n) is 13.0. The Morgan fingerprint density at radius 3 is 2.52 bits per heavy atom. The summed E-state index contributed by atoms with van der Waals surface area (Å²) in [4.78, 5) is 4.45. The van der Waals surface area contributed by atoms with Gasteiger partial charge in [-0.05, 0) is 25.7 Å². The minimum atomic E-state index is -0.315. The average molecular weight is 295 g/mol. The summed E-state index contributed by atoms with van der Waals surface area (Å²) < 4.78 is 12.2. The number of ether oxygens (including phenoxy) is 2. The van der Waals surface area contributed by atoms with E-state index < -0.39 is 0 Å². The topological polar surface area (TPSA) is 68.9 Å². The van der Waals surface area contributed by atoms with E-state index in [0.29, 0.717) is 25.2 Å². The van der Waals surface area contributed by atoms with Crippen LogP contribution in [0, 0.1) is 0 Å². The monoisotopic (exact) mass is 295 g/mol. The lowest BCUT2D eigenvalue weighted by Crippen LogP contribution is -2.39. The molecule has 1 saturated heterocycles. The number of nitrogens with one attached hydrogen (secondary N) is 1. The molecule has 0 aromatic carbocycles. The van der Waals surface area contributed by atoms with Crippen molar-refractivity contribution in [3.63, 3.8) is 0 Å². The van der Waals surface area contributed by atoms with Crippen LogP contribution in [-0.2, 0) is 9.47 Å². The third-order valence-electron chi connectivity index (χ3n) is 4.95. The van der Waals surface area contributed by atoms with Crippen LogP contribution in [0.3, 0.4) is 0 Å². The van der Waals surface area contributed by atoms with Gasteiger partial charge >= 0.3 is 0 Å². The number of guanidine groups is 1. The predicted octanol–water partition coefficient (Wildman–Crippen LogP) is 2.30. The van der Waals surface area contributed by atoms with Gasteiger partial charge in [0.05, 0.1) is 13.2 Å². The third kappa shape index (κ3) is 4.10. The van der Waals surface area contributed by atoms with E-state index in [4.69, 9.17) is 15.2 Å². The van der Waals surface area contributed by atoms with Gasteiger partial charge in [0.15, 0.2) is 11.7 Å².